The van der Waals surface area contributed by atoms with Gasteiger partial charge in [-0.15, -0.1) is 0 Å². The quantitative estimate of drug-likeness (QED) is 0.0637. The lowest BCUT2D eigenvalue weighted by Crippen LogP contribution is -2.61. The van der Waals surface area contributed by atoms with Crippen LogP contribution in [0.2, 0.25) is 0 Å². The summed E-state index contributed by atoms with van der Waals surface area (Å²) in [5.41, 5.74) is 5.88. The highest BCUT2D eigenvalue weighted by molar-refractivity contribution is 5.97. The summed E-state index contributed by atoms with van der Waals surface area (Å²) in [6.07, 6.45) is -2.38. The zero-order valence-electron chi connectivity index (χ0n) is 27.1. The zero-order chi connectivity index (χ0) is 36.6. The van der Waals surface area contributed by atoms with Crippen molar-refractivity contribution in [3.05, 3.63) is 35.9 Å². The summed E-state index contributed by atoms with van der Waals surface area (Å²) in [4.78, 5) is 99.2. The number of carboxylic acid groups (broad SMARTS) is 1. The molecule has 1 rings (SSSR count). The van der Waals surface area contributed by atoms with Crippen molar-refractivity contribution in [1.29, 1.82) is 0 Å². The molecule has 18 nitrogen and oxygen atoms in total. The average molecular weight is 680 g/mol. The Morgan fingerprint density at radius 3 is 1.79 bits per heavy atom. The molecule has 0 aliphatic heterocycles. The molecule has 0 unspecified atom stereocenters. The largest absolute Gasteiger partial charge is 0.480 e. The van der Waals surface area contributed by atoms with Gasteiger partial charge in [-0.3, -0.25) is 33.6 Å². The Bertz CT molecular complexity index is 1310. The Morgan fingerprint density at radius 1 is 0.750 bits per heavy atom. The molecule has 0 bridgehead atoms. The van der Waals surface area contributed by atoms with Gasteiger partial charge >= 0.3 is 5.97 Å². The molecule has 1 aromatic rings. The highest BCUT2D eigenvalue weighted by Crippen LogP contribution is 2.09. The molecule has 0 aliphatic carbocycles. The lowest BCUT2D eigenvalue weighted by molar-refractivity contribution is -0.142. The second-order valence-electron chi connectivity index (χ2n) is 11.5. The van der Waals surface area contributed by atoms with E-state index in [4.69, 9.17) is 5.73 Å². The van der Waals surface area contributed by atoms with Gasteiger partial charge in [-0.1, -0.05) is 44.2 Å². The number of aliphatic hydroxyl groups is 2. The van der Waals surface area contributed by atoms with Crippen molar-refractivity contribution in [3.63, 3.8) is 0 Å². The first-order valence-electron chi connectivity index (χ1n) is 15.0. The molecule has 7 amide bonds. The van der Waals surface area contributed by atoms with Crippen LogP contribution < -0.4 is 37.6 Å². The number of hydrogen-bond donors (Lipinski definition) is 10. The molecular weight excluding hydrogens is 634 g/mol. The van der Waals surface area contributed by atoms with Gasteiger partial charge in [-0.05, 0) is 24.8 Å². The predicted molar refractivity (Wildman–Crippen MR) is 168 cm³/mol. The average Bonchev–Trinajstić information content (AvgIpc) is 2.99. The molecule has 0 saturated carbocycles. The number of nitrogens with two attached hydrogens (primary N) is 1. The van der Waals surface area contributed by atoms with Gasteiger partial charge in [0.2, 0.25) is 41.4 Å². The van der Waals surface area contributed by atoms with Crippen LogP contribution in [0, 0.1) is 5.92 Å². The number of nitrogens with one attached hydrogen (secondary N) is 6. The van der Waals surface area contributed by atoms with Crippen LogP contribution in [0.3, 0.4) is 0 Å². The van der Waals surface area contributed by atoms with E-state index in [0.29, 0.717) is 5.56 Å². The Labute approximate surface area is 277 Å². The first kappa shape index (κ1) is 40.9. The fourth-order valence-electron chi connectivity index (χ4n) is 4.27. The number of carbonyl (C=O) groups is 8. The van der Waals surface area contributed by atoms with Gasteiger partial charge in [-0.25, -0.2) is 4.79 Å². The number of aliphatic hydroxyl groups excluding tert-OH is 2. The zero-order valence-corrected chi connectivity index (χ0v) is 27.1. The molecule has 0 spiro atoms. The monoisotopic (exact) mass is 679 g/mol. The number of carbonyl (C=O) groups excluding carboxylic acids is 7. The van der Waals surface area contributed by atoms with Crippen molar-refractivity contribution in [2.75, 3.05) is 13.2 Å². The van der Waals surface area contributed by atoms with E-state index in [1.54, 1.807) is 44.2 Å². The third-order valence-electron chi connectivity index (χ3n) is 6.67. The fraction of sp³-hybridized carbons (Fsp3) is 0.533. The van der Waals surface area contributed by atoms with E-state index in [9.17, 15) is 53.7 Å². The van der Waals surface area contributed by atoms with E-state index in [0.717, 1.165) is 13.8 Å². The minimum atomic E-state index is -1.69. The van der Waals surface area contributed by atoms with Crippen LogP contribution >= 0.6 is 0 Å². The smallest absolute Gasteiger partial charge is 0.326 e. The molecule has 18 heteroatoms. The van der Waals surface area contributed by atoms with Crippen LogP contribution in [0.4, 0.5) is 0 Å². The number of primary amides is 1. The van der Waals surface area contributed by atoms with Crippen molar-refractivity contribution >= 4 is 47.3 Å². The Kier molecular flexibility index (Phi) is 17.2. The van der Waals surface area contributed by atoms with Crippen LogP contribution in [-0.2, 0) is 44.8 Å². The van der Waals surface area contributed by atoms with Gasteiger partial charge < -0.3 is 53.0 Å². The van der Waals surface area contributed by atoms with E-state index < -0.39 is 103 Å². The maximum absolute atomic E-state index is 13.4. The van der Waals surface area contributed by atoms with Crippen molar-refractivity contribution in [2.24, 2.45) is 11.7 Å². The van der Waals surface area contributed by atoms with Gasteiger partial charge in [-0.2, -0.15) is 0 Å². The molecule has 0 aliphatic rings. The standard InChI is InChI=1S/C30H45N7O11/c1-15(2)10-19(35-29(46)25(16(3)39)37-28(45)22(14-38)33-24(42)13-32-17(4)40)26(43)34-20(12-23(31)41)27(44)36-21(30(47)48)11-18-8-6-5-7-9-18/h5-9,15-16,19-22,25,38-39H,10-14H2,1-4H3,(H2,31,41)(H,32,40)(H,33,42)(H,34,43)(H,35,46)(H,36,44)(H,37,45)(H,47,48)/t16-,19+,20+,21+,22+,25+/m1/s1. The lowest BCUT2D eigenvalue weighted by Gasteiger charge is -2.28. The summed E-state index contributed by atoms with van der Waals surface area (Å²) in [6.45, 7) is 4.35. The van der Waals surface area contributed by atoms with Crippen molar-refractivity contribution in [3.8, 4) is 0 Å². The summed E-state index contributed by atoms with van der Waals surface area (Å²) in [7, 11) is 0. The molecule has 11 N–H and O–H groups in total. The van der Waals surface area contributed by atoms with Crippen LogP contribution in [0.25, 0.3) is 0 Å². The van der Waals surface area contributed by atoms with Crippen LogP contribution in [0.1, 0.15) is 46.1 Å². The summed E-state index contributed by atoms with van der Waals surface area (Å²) < 4.78 is 0. The van der Waals surface area contributed by atoms with Crippen molar-refractivity contribution in [1.82, 2.24) is 31.9 Å². The Hall–Kier alpha value is -5.10. The number of aliphatic carboxylic acids is 1. The molecule has 0 fully saturated rings. The van der Waals surface area contributed by atoms with E-state index >= 15 is 0 Å². The first-order chi connectivity index (χ1) is 22.4. The number of carboxylic acids is 1. The third kappa shape index (κ3) is 15.0. The fourth-order valence-corrected chi connectivity index (χ4v) is 4.27. The maximum Gasteiger partial charge on any atom is 0.326 e. The second kappa shape index (κ2) is 20.2. The highest BCUT2D eigenvalue weighted by atomic mass is 16.4. The lowest BCUT2D eigenvalue weighted by atomic mass is 10.0. The minimum absolute atomic E-state index is 0.0206. The summed E-state index contributed by atoms with van der Waals surface area (Å²) in [6, 6.07) is 0.699. The van der Waals surface area contributed by atoms with Crippen molar-refractivity contribution < 1.29 is 53.7 Å². The van der Waals surface area contributed by atoms with Crippen LogP contribution in [-0.4, -0.2) is 112 Å². The van der Waals surface area contributed by atoms with Gasteiger partial charge in [0.15, 0.2) is 0 Å². The summed E-state index contributed by atoms with van der Waals surface area (Å²) in [5.74, 6) is -8.04. The topological polar surface area (TPSA) is 295 Å². The van der Waals surface area contributed by atoms with Gasteiger partial charge in [0.05, 0.1) is 25.7 Å². The molecule has 0 radical (unpaired) electrons. The van der Waals surface area contributed by atoms with Crippen LogP contribution in [0.5, 0.6) is 0 Å². The molecule has 0 aromatic heterocycles. The van der Waals surface area contributed by atoms with Gasteiger partial charge in [0.1, 0.15) is 30.2 Å². The van der Waals surface area contributed by atoms with Gasteiger partial charge in [0, 0.05) is 13.3 Å². The molecule has 0 saturated heterocycles. The molecule has 48 heavy (non-hydrogen) atoms. The van der Waals surface area contributed by atoms with E-state index in [1.165, 1.54) is 0 Å². The number of rotatable bonds is 20. The summed E-state index contributed by atoms with van der Waals surface area (Å²) in [5, 5.41) is 43.1. The van der Waals surface area contributed by atoms with Crippen molar-refractivity contribution in [2.45, 2.75) is 83.3 Å². The van der Waals surface area contributed by atoms with Gasteiger partial charge in [0.25, 0.3) is 0 Å². The van der Waals surface area contributed by atoms with E-state index in [-0.39, 0.29) is 18.8 Å². The third-order valence-corrected chi connectivity index (χ3v) is 6.67. The normalized spacial score (nSPS) is 14.6. The second-order valence-corrected chi connectivity index (χ2v) is 11.5. The highest BCUT2D eigenvalue weighted by Gasteiger charge is 2.34. The number of benzene rings is 1. The SMILES string of the molecule is CC(=O)NCC(=O)N[C@@H](CO)C(=O)N[C@H](C(=O)N[C@@H](CC(C)C)C(=O)N[C@@H](CC(N)=O)C(=O)N[C@@H](Cc1ccccc1)C(=O)O)[C@@H](C)O. The Balaban J connectivity index is 3.11. The predicted octanol–water partition coefficient (Wildman–Crippen LogP) is -3.83. The molecular formula is C30H45N7O11. The van der Waals surface area contributed by atoms with E-state index in [2.05, 4.69) is 31.9 Å². The molecule has 1 aromatic carbocycles. The summed E-state index contributed by atoms with van der Waals surface area (Å²) >= 11 is 0. The molecule has 6 atom stereocenters. The van der Waals surface area contributed by atoms with E-state index in [1.807, 2.05) is 0 Å². The minimum Gasteiger partial charge on any atom is -0.480 e. The molecule has 0 heterocycles. The number of hydrogen-bond acceptors (Lipinski definition) is 10. The van der Waals surface area contributed by atoms with Crippen LogP contribution in [0.15, 0.2) is 30.3 Å². The Morgan fingerprint density at radius 2 is 1.29 bits per heavy atom. The first-order valence-corrected chi connectivity index (χ1v) is 15.0. The number of amides is 7. The molecule has 266 valence electrons. The maximum atomic E-state index is 13.4.